The number of nitrogens with one attached hydrogen (secondary N) is 1. The molecule has 2 heterocycles. The van der Waals surface area contributed by atoms with E-state index in [4.69, 9.17) is 5.73 Å². The zero-order valence-electron chi connectivity index (χ0n) is 9.34. The summed E-state index contributed by atoms with van der Waals surface area (Å²) in [6, 6.07) is 6.80. The predicted molar refractivity (Wildman–Crippen MR) is 65.6 cm³/mol. The minimum atomic E-state index is -0.277. The van der Waals surface area contributed by atoms with Gasteiger partial charge in [-0.2, -0.15) is 0 Å². The van der Waals surface area contributed by atoms with E-state index in [2.05, 4.69) is 15.3 Å². The maximum absolute atomic E-state index is 11.9. The Kier molecular flexibility index (Phi) is 3.00. The van der Waals surface area contributed by atoms with Gasteiger partial charge in [0.2, 0.25) is 0 Å². The molecule has 3 N–H and O–H groups in total. The van der Waals surface area contributed by atoms with Gasteiger partial charge in [-0.15, -0.1) is 0 Å². The van der Waals surface area contributed by atoms with Gasteiger partial charge in [-0.1, -0.05) is 0 Å². The summed E-state index contributed by atoms with van der Waals surface area (Å²) in [6.07, 6.45) is 3.18. The van der Waals surface area contributed by atoms with E-state index in [0.717, 1.165) is 5.69 Å². The number of pyridine rings is 2. The Balaban J connectivity index is 2.20. The van der Waals surface area contributed by atoms with E-state index in [1.54, 1.807) is 36.7 Å². The Bertz CT molecular complexity index is 554. The zero-order valence-corrected chi connectivity index (χ0v) is 9.34. The van der Waals surface area contributed by atoms with Gasteiger partial charge in [0.05, 0.1) is 5.56 Å². The van der Waals surface area contributed by atoms with Gasteiger partial charge in [0.25, 0.3) is 5.91 Å². The maximum Gasteiger partial charge on any atom is 0.259 e. The number of nitrogen functional groups attached to an aromatic ring is 1. The number of anilines is 2. The van der Waals surface area contributed by atoms with Crippen LogP contribution in [0.3, 0.4) is 0 Å². The Labute approximate surface area is 98.7 Å². The number of amides is 1. The highest BCUT2D eigenvalue weighted by molar-refractivity contribution is 6.07. The number of rotatable bonds is 2. The molecule has 0 unspecified atom stereocenters. The minimum absolute atomic E-state index is 0.218. The van der Waals surface area contributed by atoms with Crippen LogP contribution in [0.1, 0.15) is 16.1 Å². The van der Waals surface area contributed by atoms with E-state index in [0.29, 0.717) is 11.3 Å². The summed E-state index contributed by atoms with van der Waals surface area (Å²) < 4.78 is 0. The molecule has 2 rings (SSSR count). The van der Waals surface area contributed by atoms with Crippen molar-refractivity contribution >= 4 is 17.4 Å². The third-order valence-electron chi connectivity index (χ3n) is 2.24. The fraction of sp³-hybridized carbons (Fsp3) is 0.0833. The number of aryl methyl sites for hydroxylation is 1. The molecular weight excluding hydrogens is 216 g/mol. The van der Waals surface area contributed by atoms with Crippen LogP contribution in [0, 0.1) is 6.92 Å². The monoisotopic (exact) mass is 228 g/mol. The van der Waals surface area contributed by atoms with Crippen LogP contribution in [0.15, 0.2) is 36.7 Å². The second-order valence-corrected chi connectivity index (χ2v) is 3.58. The van der Waals surface area contributed by atoms with E-state index in [9.17, 15) is 4.79 Å². The molecule has 0 saturated heterocycles. The van der Waals surface area contributed by atoms with Crippen LogP contribution in [-0.2, 0) is 0 Å². The predicted octanol–water partition coefficient (Wildman–Crippen LogP) is 1.62. The van der Waals surface area contributed by atoms with Gasteiger partial charge in [0.1, 0.15) is 5.82 Å². The van der Waals surface area contributed by atoms with Gasteiger partial charge in [-0.3, -0.25) is 9.78 Å². The Morgan fingerprint density at radius 2 is 2.12 bits per heavy atom. The molecule has 0 spiro atoms. The molecule has 1 amide bonds. The molecule has 0 aliphatic carbocycles. The SMILES string of the molecule is Cc1cc(NC(=O)c2cccnc2N)ccn1. The highest BCUT2D eigenvalue weighted by atomic mass is 16.1. The molecule has 0 fully saturated rings. The third kappa shape index (κ3) is 2.57. The quantitative estimate of drug-likeness (QED) is 0.818. The summed E-state index contributed by atoms with van der Waals surface area (Å²) in [5, 5.41) is 2.74. The number of aromatic nitrogens is 2. The van der Waals surface area contributed by atoms with Gasteiger partial charge in [-0.05, 0) is 31.2 Å². The molecular formula is C12H12N4O. The Morgan fingerprint density at radius 1 is 1.29 bits per heavy atom. The van der Waals surface area contributed by atoms with Crippen LogP contribution in [-0.4, -0.2) is 15.9 Å². The summed E-state index contributed by atoms with van der Waals surface area (Å²) in [5.41, 5.74) is 7.50. The van der Waals surface area contributed by atoms with Crippen molar-refractivity contribution in [2.75, 3.05) is 11.1 Å². The number of nitrogens with zero attached hydrogens (tertiary/aromatic N) is 2. The molecule has 0 aliphatic heterocycles. The van der Waals surface area contributed by atoms with Crippen molar-refractivity contribution in [2.45, 2.75) is 6.92 Å². The van der Waals surface area contributed by atoms with Crippen LogP contribution >= 0.6 is 0 Å². The molecule has 0 atom stereocenters. The van der Waals surface area contributed by atoms with Crippen LogP contribution in [0.4, 0.5) is 11.5 Å². The highest BCUT2D eigenvalue weighted by Crippen LogP contribution is 2.12. The summed E-state index contributed by atoms with van der Waals surface area (Å²) in [7, 11) is 0. The average Bonchev–Trinajstić information content (AvgIpc) is 2.29. The van der Waals surface area contributed by atoms with E-state index in [-0.39, 0.29) is 11.7 Å². The second-order valence-electron chi connectivity index (χ2n) is 3.58. The smallest absolute Gasteiger partial charge is 0.259 e. The fourth-order valence-electron chi connectivity index (χ4n) is 1.43. The average molecular weight is 228 g/mol. The number of carbonyl (C=O) groups is 1. The first-order valence-electron chi connectivity index (χ1n) is 5.11. The zero-order chi connectivity index (χ0) is 12.3. The molecule has 0 saturated carbocycles. The second kappa shape index (κ2) is 4.61. The summed E-state index contributed by atoms with van der Waals surface area (Å²) in [6.45, 7) is 1.86. The largest absolute Gasteiger partial charge is 0.383 e. The van der Waals surface area contributed by atoms with E-state index in [1.807, 2.05) is 6.92 Å². The lowest BCUT2D eigenvalue weighted by atomic mass is 10.2. The number of nitrogens with two attached hydrogens (primary N) is 1. The van der Waals surface area contributed by atoms with Crippen LogP contribution in [0.5, 0.6) is 0 Å². The first kappa shape index (κ1) is 11.1. The molecule has 5 nitrogen and oxygen atoms in total. The first-order chi connectivity index (χ1) is 8.16. The van der Waals surface area contributed by atoms with E-state index < -0.39 is 0 Å². The lowest BCUT2D eigenvalue weighted by molar-refractivity contribution is 0.102. The van der Waals surface area contributed by atoms with Gasteiger partial charge in [-0.25, -0.2) is 4.98 Å². The molecule has 2 aromatic heterocycles. The number of carbonyl (C=O) groups excluding carboxylic acids is 1. The van der Waals surface area contributed by atoms with Crippen LogP contribution < -0.4 is 11.1 Å². The normalized spacial score (nSPS) is 9.94. The molecule has 0 aromatic carbocycles. The fourth-order valence-corrected chi connectivity index (χ4v) is 1.43. The van der Waals surface area contributed by atoms with Gasteiger partial charge in [0.15, 0.2) is 0 Å². The topological polar surface area (TPSA) is 80.9 Å². The van der Waals surface area contributed by atoms with Gasteiger partial charge >= 0.3 is 0 Å². The summed E-state index contributed by atoms with van der Waals surface area (Å²) >= 11 is 0. The van der Waals surface area contributed by atoms with Crippen LogP contribution in [0.25, 0.3) is 0 Å². The standard InChI is InChI=1S/C12H12N4O/c1-8-7-9(4-6-14-8)16-12(17)10-3-2-5-15-11(10)13/h2-7H,1H3,(H2,13,15)(H,14,16,17). The molecule has 86 valence electrons. The summed E-state index contributed by atoms with van der Waals surface area (Å²) in [5.74, 6) is -0.0584. The number of hydrogen-bond donors (Lipinski definition) is 2. The van der Waals surface area contributed by atoms with Gasteiger partial charge < -0.3 is 11.1 Å². The Morgan fingerprint density at radius 3 is 2.82 bits per heavy atom. The van der Waals surface area contributed by atoms with Gasteiger partial charge in [0, 0.05) is 23.8 Å². The molecule has 0 radical (unpaired) electrons. The van der Waals surface area contributed by atoms with Crippen molar-refractivity contribution in [3.05, 3.63) is 47.9 Å². The Hall–Kier alpha value is -2.43. The minimum Gasteiger partial charge on any atom is -0.383 e. The molecule has 0 bridgehead atoms. The van der Waals surface area contributed by atoms with Crippen molar-refractivity contribution in [1.82, 2.24) is 9.97 Å². The van der Waals surface area contributed by atoms with Crippen molar-refractivity contribution in [3.8, 4) is 0 Å². The van der Waals surface area contributed by atoms with E-state index in [1.165, 1.54) is 0 Å². The number of hydrogen-bond acceptors (Lipinski definition) is 4. The van der Waals surface area contributed by atoms with Crippen molar-refractivity contribution < 1.29 is 4.79 Å². The molecule has 17 heavy (non-hydrogen) atoms. The maximum atomic E-state index is 11.9. The molecule has 0 aliphatic rings. The van der Waals surface area contributed by atoms with Crippen molar-refractivity contribution in [1.29, 1.82) is 0 Å². The lowest BCUT2D eigenvalue weighted by Gasteiger charge is -2.06. The van der Waals surface area contributed by atoms with Crippen molar-refractivity contribution in [2.24, 2.45) is 0 Å². The molecule has 5 heteroatoms. The lowest BCUT2D eigenvalue weighted by Crippen LogP contribution is -2.14. The third-order valence-corrected chi connectivity index (χ3v) is 2.24. The van der Waals surface area contributed by atoms with Crippen molar-refractivity contribution in [3.63, 3.8) is 0 Å². The molecule has 2 aromatic rings. The highest BCUT2D eigenvalue weighted by Gasteiger charge is 2.09. The van der Waals surface area contributed by atoms with E-state index >= 15 is 0 Å². The summed E-state index contributed by atoms with van der Waals surface area (Å²) in [4.78, 5) is 19.8. The first-order valence-corrected chi connectivity index (χ1v) is 5.11. The van der Waals surface area contributed by atoms with Crippen LogP contribution in [0.2, 0.25) is 0 Å².